The van der Waals surface area contributed by atoms with E-state index in [1.807, 2.05) is 19.1 Å². The van der Waals surface area contributed by atoms with E-state index in [0.29, 0.717) is 19.1 Å². The van der Waals surface area contributed by atoms with Crippen LogP contribution in [0.5, 0.6) is 5.75 Å². The summed E-state index contributed by atoms with van der Waals surface area (Å²) in [7, 11) is 0. The molecule has 3 heteroatoms. The summed E-state index contributed by atoms with van der Waals surface area (Å²) in [6.45, 7) is 9.62. The SMILES string of the molecule is CC(=O)c1ccc(OCCOCC(C)C)c(C)c1. The maximum Gasteiger partial charge on any atom is 0.159 e. The van der Waals surface area contributed by atoms with Crippen LogP contribution in [-0.4, -0.2) is 25.6 Å². The van der Waals surface area contributed by atoms with Crippen LogP contribution >= 0.6 is 0 Å². The minimum Gasteiger partial charge on any atom is -0.491 e. The molecule has 0 aliphatic heterocycles. The second kappa shape index (κ2) is 7.17. The molecule has 0 saturated carbocycles. The van der Waals surface area contributed by atoms with E-state index < -0.39 is 0 Å². The van der Waals surface area contributed by atoms with Gasteiger partial charge in [-0.05, 0) is 43.5 Å². The number of ether oxygens (including phenoxy) is 2. The Morgan fingerprint density at radius 3 is 2.56 bits per heavy atom. The van der Waals surface area contributed by atoms with E-state index in [2.05, 4.69) is 13.8 Å². The topological polar surface area (TPSA) is 35.5 Å². The normalized spacial score (nSPS) is 10.7. The summed E-state index contributed by atoms with van der Waals surface area (Å²) in [5.41, 5.74) is 1.70. The van der Waals surface area contributed by atoms with E-state index in [9.17, 15) is 4.79 Å². The molecule has 0 unspecified atom stereocenters. The molecule has 1 aromatic rings. The molecule has 0 bridgehead atoms. The molecule has 0 atom stereocenters. The van der Waals surface area contributed by atoms with E-state index in [4.69, 9.17) is 9.47 Å². The molecule has 3 nitrogen and oxygen atoms in total. The van der Waals surface area contributed by atoms with Crippen LogP contribution in [0.4, 0.5) is 0 Å². The van der Waals surface area contributed by atoms with Gasteiger partial charge in [0, 0.05) is 12.2 Å². The van der Waals surface area contributed by atoms with Crippen molar-refractivity contribution >= 4 is 5.78 Å². The summed E-state index contributed by atoms with van der Waals surface area (Å²) in [5.74, 6) is 1.43. The Bertz CT molecular complexity index is 397. The molecule has 1 aromatic carbocycles. The van der Waals surface area contributed by atoms with Gasteiger partial charge in [-0.25, -0.2) is 0 Å². The Labute approximate surface area is 109 Å². The second-order valence-electron chi connectivity index (χ2n) is 4.85. The van der Waals surface area contributed by atoms with Gasteiger partial charge < -0.3 is 9.47 Å². The smallest absolute Gasteiger partial charge is 0.159 e. The number of hydrogen-bond donors (Lipinski definition) is 0. The van der Waals surface area contributed by atoms with Crippen molar-refractivity contribution in [2.45, 2.75) is 27.7 Å². The lowest BCUT2D eigenvalue weighted by Crippen LogP contribution is -2.10. The van der Waals surface area contributed by atoms with Crippen molar-refractivity contribution in [2.24, 2.45) is 5.92 Å². The third-order valence-electron chi connectivity index (χ3n) is 2.52. The summed E-state index contributed by atoms with van der Waals surface area (Å²) < 4.78 is 11.1. The first kappa shape index (κ1) is 14.7. The average Bonchev–Trinajstić information content (AvgIpc) is 2.29. The van der Waals surface area contributed by atoms with Crippen molar-refractivity contribution in [1.29, 1.82) is 0 Å². The molecule has 0 fully saturated rings. The molecule has 0 heterocycles. The molecule has 0 radical (unpaired) electrons. The predicted molar refractivity (Wildman–Crippen MR) is 72.3 cm³/mol. The minimum atomic E-state index is 0.0740. The van der Waals surface area contributed by atoms with Crippen LogP contribution in [0.3, 0.4) is 0 Å². The Balaban J connectivity index is 2.41. The molecule has 18 heavy (non-hydrogen) atoms. The Morgan fingerprint density at radius 2 is 2.00 bits per heavy atom. The fraction of sp³-hybridized carbons (Fsp3) is 0.533. The Morgan fingerprint density at radius 1 is 1.28 bits per heavy atom. The summed E-state index contributed by atoms with van der Waals surface area (Å²) >= 11 is 0. The zero-order valence-electron chi connectivity index (χ0n) is 11.7. The lowest BCUT2D eigenvalue weighted by Gasteiger charge is -2.11. The molecule has 0 spiro atoms. The lowest BCUT2D eigenvalue weighted by atomic mass is 10.1. The van der Waals surface area contributed by atoms with Crippen molar-refractivity contribution in [3.63, 3.8) is 0 Å². The summed E-state index contributed by atoms with van der Waals surface area (Å²) in [6.07, 6.45) is 0. The molecule has 100 valence electrons. The summed E-state index contributed by atoms with van der Waals surface area (Å²) in [6, 6.07) is 5.49. The van der Waals surface area contributed by atoms with Crippen molar-refractivity contribution in [3.8, 4) is 5.75 Å². The van der Waals surface area contributed by atoms with Crippen molar-refractivity contribution in [2.75, 3.05) is 19.8 Å². The molecule has 0 amide bonds. The number of rotatable bonds is 7. The number of hydrogen-bond acceptors (Lipinski definition) is 3. The van der Waals surface area contributed by atoms with E-state index in [0.717, 1.165) is 23.5 Å². The van der Waals surface area contributed by atoms with Crippen molar-refractivity contribution in [3.05, 3.63) is 29.3 Å². The van der Waals surface area contributed by atoms with Crippen LogP contribution in [0.2, 0.25) is 0 Å². The molecular formula is C15H22O3. The fourth-order valence-electron chi connectivity index (χ4n) is 1.56. The highest BCUT2D eigenvalue weighted by Gasteiger charge is 2.04. The standard InChI is InChI=1S/C15H22O3/c1-11(2)10-17-7-8-18-15-6-5-14(13(4)16)9-12(15)3/h5-6,9,11H,7-8,10H2,1-4H3. The van der Waals surface area contributed by atoms with Gasteiger partial charge in [-0.15, -0.1) is 0 Å². The highest BCUT2D eigenvalue weighted by molar-refractivity contribution is 5.94. The van der Waals surface area contributed by atoms with E-state index in [-0.39, 0.29) is 5.78 Å². The molecular weight excluding hydrogens is 228 g/mol. The van der Waals surface area contributed by atoms with E-state index in [1.165, 1.54) is 0 Å². The molecule has 0 aliphatic carbocycles. The number of carbonyl (C=O) groups is 1. The van der Waals surface area contributed by atoms with Gasteiger partial charge in [0.2, 0.25) is 0 Å². The Kier molecular flexibility index (Phi) is 5.86. The molecule has 0 aromatic heterocycles. The van der Waals surface area contributed by atoms with Gasteiger partial charge in [0.25, 0.3) is 0 Å². The van der Waals surface area contributed by atoms with Crippen LogP contribution in [0.15, 0.2) is 18.2 Å². The van der Waals surface area contributed by atoms with Crippen LogP contribution in [0, 0.1) is 12.8 Å². The first-order chi connectivity index (χ1) is 8.50. The molecule has 1 rings (SSSR count). The first-order valence-corrected chi connectivity index (χ1v) is 6.33. The van der Waals surface area contributed by atoms with Gasteiger partial charge in [0.1, 0.15) is 12.4 Å². The number of benzene rings is 1. The zero-order chi connectivity index (χ0) is 13.5. The van der Waals surface area contributed by atoms with E-state index >= 15 is 0 Å². The van der Waals surface area contributed by atoms with Crippen LogP contribution < -0.4 is 4.74 Å². The molecule has 0 aliphatic rings. The summed E-state index contributed by atoms with van der Waals surface area (Å²) in [4.78, 5) is 11.2. The third kappa shape index (κ3) is 4.88. The van der Waals surface area contributed by atoms with Gasteiger partial charge in [-0.3, -0.25) is 4.79 Å². The van der Waals surface area contributed by atoms with Crippen LogP contribution in [-0.2, 0) is 4.74 Å². The lowest BCUT2D eigenvalue weighted by molar-refractivity contribution is 0.0817. The van der Waals surface area contributed by atoms with Gasteiger partial charge >= 0.3 is 0 Å². The predicted octanol–water partition coefficient (Wildman–Crippen LogP) is 3.25. The van der Waals surface area contributed by atoms with Gasteiger partial charge in [0.15, 0.2) is 5.78 Å². The number of Topliss-reactive ketones (excluding diaryl/α,β-unsaturated/α-hetero) is 1. The van der Waals surface area contributed by atoms with Crippen molar-refractivity contribution < 1.29 is 14.3 Å². The number of aryl methyl sites for hydroxylation is 1. The minimum absolute atomic E-state index is 0.0740. The fourth-order valence-corrected chi connectivity index (χ4v) is 1.56. The van der Waals surface area contributed by atoms with Crippen LogP contribution in [0.1, 0.15) is 36.7 Å². The largest absolute Gasteiger partial charge is 0.491 e. The number of ketones is 1. The van der Waals surface area contributed by atoms with Gasteiger partial charge in [-0.1, -0.05) is 13.8 Å². The van der Waals surface area contributed by atoms with Gasteiger partial charge in [0.05, 0.1) is 6.61 Å². The maximum absolute atomic E-state index is 11.2. The molecule has 0 N–H and O–H groups in total. The maximum atomic E-state index is 11.2. The van der Waals surface area contributed by atoms with Crippen LogP contribution in [0.25, 0.3) is 0 Å². The third-order valence-corrected chi connectivity index (χ3v) is 2.52. The van der Waals surface area contributed by atoms with Crippen molar-refractivity contribution in [1.82, 2.24) is 0 Å². The molecule has 0 saturated heterocycles. The van der Waals surface area contributed by atoms with E-state index in [1.54, 1.807) is 13.0 Å². The number of carbonyl (C=O) groups excluding carboxylic acids is 1. The van der Waals surface area contributed by atoms with Gasteiger partial charge in [-0.2, -0.15) is 0 Å². The first-order valence-electron chi connectivity index (χ1n) is 6.33. The monoisotopic (exact) mass is 250 g/mol. The highest BCUT2D eigenvalue weighted by atomic mass is 16.5. The summed E-state index contributed by atoms with van der Waals surface area (Å²) in [5, 5.41) is 0. The highest BCUT2D eigenvalue weighted by Crippen LogP contribution is 2.19. The second-order valence-corrected chi connectivity index (χ2v) is 4.85. The Hall–Kier alpha value is -1.35. The quantitative estimate of drug-likeness (QED) is 0.550. The average molecular weight is 250 g/mol. The zero-order valence-corrected chi connectivity index (χ0v) is 11.7.